The van der Waals surface area contributed by atoms with Crippen molar-refractivity contribution in [3.8, 4) is 0 Å². The van der Waals surface area contributed by atoms with Crippen LogP contribution in [0.1, 0.15) is 29.8 Å². The highest BCUT2D eigenvalue weighted by atomic mass is 79.9. The number of rotatable bonds is 4. The Morgan fingerprint density at radius 2 is 2.12 bits per heavy atom. The van der Waals surface area contributed by atoms with Crippen molar-refractivity contribution in [2.75, 3.05) is 13.1 Å². The molecule has 0 saturated carbocycles. The van der Waals surface area contributed by atoms with Gasteiger partial charge in [0.25, 0.3) is 5.91 Å². The number of likely N-dealkylation sites (N-methyl/N-ethyl adjacent to an activating group) is 1. The molecule has 0 bridgehead atoms. The van der Waals surface area contributed by atoms with Gasteiger partial charge in [-0.3, -0.25) is 4.79 Å². The minimum Gasteiger partial charge on any atom is -0.335 e. The molecule has 0 aromatic heterocycles. The van der Waals surface area contributed by atoms with Gasteiger partial charge in [0, 0.05) is 23.1 Å². The largest absolute Gasteiger partial charge is 0.335 e. The molecule has 0 aliphatic heterocycles. The molecule has 1 rings (SSSR count). The predicted molar refractivity (Wildman–Crippen MR) is 75.3 cm³/mol. The third-order valence-electron chi connectivity index (χ3n) is 2.55. The summed E-state index contributed by atoms with van der Waals surface area (Å²) in [5.41, 5.74) is 2.83. The quantitative estimate of drug-likeness (QED) is 0.774. The van der Waals surface area contributed by atoms with E-state index in [2.05, 4.69) is 22.5 Å². The van der Waals surface area contributed by atoms with Gasteiger partial charge in [-0.25, -0.2) is 0 Å². The highest BCUT2D eigenvalue weighted by molar-refractivity contribution is 9.10. The van der Waals surface area contributed by atoms with Gasteiger partial charge in [-0.15, -0.1) is 0 Å². The minimum absolute atomic E-state index is 0.0520. The molecule has 0 radical (unpaired) electrons. The van der Waals surface area contributed by atoms with E-state index in [1.807, 2.05) is 39.0 Å². The monoisotopic (exact) mass is 295 g/mol. The van der Waals surface area contributed by atoms with E-state index in [1.165, 1.54) is 0 Å². The number of carbonyl (C=O) groups excluding carboxylic acids is 1. The first kappa shape index (κ1) is 14.0. The number of nitrogens with zero attached hydrogens (tertiary/aromatic N) is 1. The highest BCUT2D eigenvalue weighted by Gasteiger charge is 2.14. The number of hydrogen-bond donors (Lipinski definition) is 0. The van der Waals surface area contributed by atoms with Crippen LogP contribution >= 0.6 is 15.9 Å². The summed E-state index contributed by atoms with van der Waals surface area (Å²) in [6.45, 7) is 11.1. The van der Waals surface area contributed by atoms with Crippen LogP contribution in [-0.4, -0.2) is 23.9 Å². The van der Waals surface area contributed by atoms with E-state index < -0.39 is 0 Å². The molecule has 0 spiro atoms. The van der Waals surface area contributed by atoms with Crippen molar-refractivity contribution in [2.24, 2.45) is 0 Å². The minimum atomic E-state index is 0.0520. The first-order chi connectivity index (χ1) is 7.95. The van der Waals surface area contributed by atoms with Crippen LogP contribution in [0.5, 0.6) is 0 Å². The van der Waals surface area contributed by atoms with Gasteiger partial charge in [0.15, 0.2) is 0 Å². The summed E-state index contributed by atoms with van der Waals surface area (Å²) in [6, 6.07) is 5.69. The van der Waals surface area contributed by atoms with E-state index in [-0.39, 0.29) is 5.91 Å². The molecule has 0 aliphatic rings. The first-order valence-corrected chi connectivity index (χ1v) is 6.44. The standard InChI is InChI=1S/C14H18BrNO/c1-5-16(9-10(2)3)14(17)12-7-6-11(4)13(15)8-12/h6-8H,2,5,9H2,1,3-4H3. The smallest absolute Gasteiger partial charge is 0.254 e. The fourth-order valence-corrected chi connectivity index (χ4v) is 1.94. The maximum absolute atomic E-state index is 12.2. The molecule has 2 nitrogen and oxygen atoms in total. The Morgan fingerprint density at radius 3 is 2.59 bits per heavy atom. The maximum Gasteiger partial charge on any atom is 0.254 e. The second-order valence-electron chi connectivity index (χ2n) is 4.24. The lowest BCUT2D eigenvalue weighted by Crippen LogP contribution is -2.32. The van der Waals surface area contributed by atoms with Crippen molar-refractivity contribution in [1.82, 2.24) is 4.90 Å². The zero-order chi connectivity index (χ0) is 13.0. The van der Waals surface area contributed by atoms with E-state index in [0.29, 0.717) is 18.7 Å². The Balaban J connectivity index is 2.93. The molecular weight excluding hydrogens is 278 g/mol. The molecule has 3 heteroatoms. The molecule has 0 saturated heterocycles. The Labute approximate surface area is 111 Å². The fourth-order valence-electron chi connectivity index (χ4n) is 1.56. The second-order valence-corrected chi connectivity index (χ2v) is 5.09. The molecule has 0 aliphatic carbocycles. The molecule has 17 heavy (non-hydrogen) atoms. The van der Waals surface area contributed by atoms with E-state index >= 15 is 0 Å². The van der Waals surface area contributed by atoms with Gasteiger partial charge in [0.1, 0.15) is 0 Å². The Hall–Kier alpha value is -1.09. The molecule has 1 amide bonds. The second kappa shape index (κ2) is 6.01. The van der Waals surface area contributed by atoms with Gasteiger partial charge in [-0.1, -0.05) is 34.1 Å². The molecular formula is C14H18BrNO. The van der Waals surface area contributed by atoms with Gasteiger partial charge in [-0.2, -0.15) is 0 Å². The topological polar surface area (TPSA) is 20.3 Å². The van der Waals surface area contributed by atoms with E-state index in [1.54, 1.807) is 4.90 Å². The normalized spacial score (nSPS) is 10.1. The average Bonchev–Trinajstić information content (AvgIpc) is 2.28. The van der Waals surface area contributed by atoms with Crippen molar-refractivity contribution in [3.05, 3.63) is 46.0 Å². The Kier molecular flexibility index (Phi) is 4.94. The van der Waals surface area contributed by atoms with Gasteiger partial charge < -0.3 is 4.90 Å². The fraction of sp³-hybridized carbons (Fsp3) is 0.357. The molecule has 1 aromatic rings. The SMILES string of the molecule is C=C(C)CN(CC)C(=O)c1ccc(C)c(Br)c1. The van der Waals surface area contributed by atoms with Gasteiger partial charge in [-0.05, 0) is 38.5 Å². The van der Waals surface area contributed by atoms with E-state index in [4.69, 9.17) is 0 Å². The van der Waals surface area contributed by atoms with E-state index in [0.717, 1.165) is 15.6 Å². The van der Waals surface area contributed by atoms with Crippen LogP contribution < -0.4 is 0 Å². The van der Waals surface area contributed by atoms with Crippen molar-refractivity contribution in [3.63, 3.8) is 0 Å². The van der Waals surface area contributed by atoms with Crippen molar-refractivity contribution in [2.45, 2.75) is 20.8 Å². The molecule has 0 atom stereocenters. The first-order valence-electron chi connectivity index (χ1n) is 5.65. The summed E-state index contributed by atoms with van der Waals surface area (Å²) in [5, 5.41) is 0. The number of hydrogen-bond acceptors (Lipinski definition) is 1. The summed E-state index contributed by atoms with van der Waals surface area (Å²) in [6.07, 6.45) is 0. The zero-order valence-corrected chi connectivity index (χ0v) is 12.2. The summed E-state index contributed by atoms with van der Waals surface area (Å²) >= 11 is 3.45. The van der Waals surface area contributed by atoms with Crippen LogP contribution in [0.15, 0.2) is 34.8 Å². The zero-order valence-electron chi connectivity index (χ0n) is 10.6. The van der Waals surface area contributed by atoms with Gasteiger partial charge in [0.05, 0.1) is 0 Å². The molecule has 1 aromatic carbocycles. The molecule has 0 heterocycles. The van der Waals surface area contributed by atoms with E-state index in [9.17, 15) is 4.79 Å². The Morgan fingerprint density at radius 1 is 1.47 bits per heavy atom. The third kappa shape index (κ3) is 3.70. The van der Waals surface area contributed by atoms with Crippen LogP contribution in [0.3, 0.4) is 0 Å². The highest BCUT2D eigenvalue weighted by Crippen LogP contribution is 2.18. The number of benzene rings is 1. The lowest BCUT2D eigenvalue weighted by Gasteiger charge is -2.21. The van der Waals surface area contributed by atoms with Crippen molar-refractivity contribution >= 4 is 21.8 Å². The summed E-state index contributed by atoms with van der Waals surface area (Å²) in [4.78, 5) is 14.0. The Bertz CT molecular complexity index is 440. The molecule has 0 unspecified atom stereocenters. The van der Waals surface area contributed by atoms with Crippen LogP contribution in [0.4, 0.5) is 0 Å². The summed E-state index contributed by atoms with van der Waals surface area (Å²) in [5.74, 6) is 0.0520. The van der Waals surface area contributed by atoms with Crippen LogP contribution in [0.2, 0.25) is 0 Å². The van der Waals surface area contributed by atoms with Gasteiger partial charge >= 0.3 is 0 Å². The molecule has 0 fully saturated rings. The number of aryl methyl sites for hydroxylation is 1. The lowest BCUT2D eigenvalue weighted by molar-refractivity contribution is 0.0778. The summed E-state index contributed by atoms with van der Waals surface area (Å²) in [7, 11) is 0. The number of carbonyl (C=O) groups is 1. The maximum atomic E-state index is 12.2. The number of halogens is 1. The molecule has 0 N–H and O–H groups in total. The molecule has 92 valence electrons. The third-order valence-corrected chi connectivity index (χ3v) is 3.40. The predicted octanol–water partition coefficient (Wildman–Crippen LogP) is 3.80. The number of amides is 1. The van der Waals surface area contributed by atoms with Crippen LogP contribution in [0, 0.1) is 6.92 Å². The van der Waals surface area contributed by atoms with Crippen LogP contribution in [0.25, 0.3) is 0 Å². The summed E-state index contributed by atoms with van der Waals surface area (Å²) < 4.78 is 0.967. The van der Waals surface area contributed by atoms with Crippen LogP contribution in [-0.2, 0) is 0 Å². The van der Waals surface area contributed by atoms with Crippen molar-refractivity contribution < 1.29 is 4.79 Å². The lowest BCUT2D eigenvalue weighted by atomic mass is 10.1. The van der Waals surface area contributed by atoms with Gasteiger partial charge in [0.2, 0.25) is 0 Å². The average molecular weight is 296 g/mol. The van der Waals surface area contributed by atoms with Crippen molar-refractivity contribution in [1.29, 1.82) is 0 Å².